The molecule has 0 saturated carbocycles. The maximum Gasteiger partial charge on any atom is 0.188 e. The zero-order valence-electron chi connectivity index (χ0n) is 22.3. The maximum absolute atomic E-state index is 7.62. The van der Waals surface area contributed by atoms with Gasteiger partial charge in [0, 0.05) is 11.1 Å². The maximum atomic E-state index is 7.62. The van der Waals surface area contributed by atoms with Crippen molar-refractivity contribution in [3.8, 4) is 27.9 Å². The standard InChI is InChI=1S/C39H24N2/c1-40-28-19-23-39-37(25-28)36-24-27(18-22-38(36)41(39)29-12-3-2-4-13-29)31-20-21-35(34-16-8-7-15-32(31)34)33-17-9-11-26-10-5-6-14-30(26)33/h2-25H. The summed E-state index contributed by atoms with van der Waals surface area (Å²) in [5.74, 6) is 0. The Bertz CT molecular complexity index is 2310. The minimum Gasteiger partial charge on any atom is -0.309 e. The molecule has 0 aliphatic heterocycles. The number of aromatic nitrogens is 1. The van der Waals surface area contributed by atoms with E-state index in [1.807, 2.05) is 18.2 Å². The summed E-state index contributed by atoms with van der Waals surface area (Å²) in [6.45, 7) is 7.62. The van der Waals surface area contributed by atoms with Crippen LogP contribution in [0.25, 0.3) is 76.1 Å². The SMILES string of the molecule is [C-]#[N+]c1ccc2c(c1)c1cc(-c3ccc(-c4cccc5ccccc45)c4ccccc34)ccc1n2-c1ccccc1. The molecular weight excluding hydrogens is 496 g/mol. The van der Waals surface area contributed by atoms with Crippen LogP contribution in [0.3, 0.4) is 0 Å². The second-order valence-electron chi connectivity index (χ2n) is 10.4. The average Bonchev–Trinajstić information content (AvgIpc) is 3.37. The smallest absolute Gasteiger partial charge is 0.188 e. The molecule has 8 aromatic rings. The number of hydrogen-bond donors (Lipinski definition) is 0. The fourth-order valence-corrected chi connectivity index (χ4v) is 6.35. The molecule has 0 N–H and O–H groups in total. The zero-order chi connectivity index (χ0) is 27.3. The molecule has 0 aliphatic rings. The van der Waals surface area contributed by atoms with E-state index in [4.69, 9.17) is 6.57 Å². The highest BCUT2D eigenvalue weighted by atomic mass is 15.0. The number of benzene rings is 7. The van der Waals surface area contributed by atoms with Crippen LogP contribution < -0.4 is 0 Å². The molecule has 2 nitrogen and oxygen atoms in total. The van der Waals surface area contributed by atoms with E-state index in [0.29, 0.717) is 5.69 Å². The minimum absolute atomic E-state index is 0.653. The average molecular weight is 521 g/mol. The molecule has 2 heteroatoms. The fraction of sp³-hybridized carbons (Fsp3) is 0. The van der Waals surface area contributed by atoms with Gasteiger partial charge in [0.05, 0.1) is 17.6 Å². The predicted octanol–water partition coefficient (Wildman–Crippen LogP) is 11.0. The minimum atomic E-state index is 0.653. The predicted molar refractivity (Wildman–Crippen MR) is 173 cm³/mol. The van der Waals surface area contributed by atoms with Gasteiger partial charge in [-0.1, -0.05) is 109 Å². The number of fused-ring (bicyclic) bond motifs is 5. The lowest BCUT2D eigenvalue weighted by molar-refractivity contribution is 1.18. The highest BCUT2D eigenvalue weighted by molar-refractivity contribution is 6.14. The first-order chi connectivity index (χ1) is 20.3. The summed E-state index contributed by atoms with van der Waals surface area (Å²) < 4.78 is 2.30. The van der Waals surface area contributed by atoms with Crippen LogP contribution >= 0.6 is 0 Å². The van der Waals surface area contributed by atoms with Crippen LogP contribution in [0.15, 0.2) is 146 Å². The third-order valence-electron chi connectivity index (χ3n) is 8.21. The Kier molecular flexibility index (Phi) is 5.23. The Morgan fingerprint density at radius 1 is 0.439 bits per heavy atom. The molecule has 0 amide bonds. The highest BCUT2D eigenvalue weighted by Crippen LogP contribution is 2.41. The summed E-state index contributed by atoms with van der Waals surface area (Å²) in [7, 11) is 0. The zero-order valence-corrected chi connectivity index (χ0v) is 22.3. The molecule has 0 saturated heterocycles. The van der Waals surface area contributed by atoms with Gasteiger partial charge in [0.25, 0.3) is 0 Å². The molecule has 0 bridgehead atoms. The molecule has 8 rings (SSSR count). The Labute approximate surface area is 238 Å². The van der Waals surface area contributed by atoms with Crippen molar-refractivity contribution in [1.29, 1.82) is 0 Å². The van der Waals surface area contributed by atoms with E-state index in [0.717, 1.165) is 27.5 Å². The number of rotatable bonds is 3. The van der Waals surface area contributed by atoms with E-state index >= 15 is 0 Å². The molecule has 190 valence electrons. The summed E-state index contributed by atoms with van der Waals surface area (Å²) in [5, 5.41) is 7.22. The van der Waals surface area contributed by atoms with E-state index in [-0.39, 0.29) is 0 Å². The van der Waals surface area contributed by atoms with E-state index < -0.39 is 0 Å². The van der Waals surface area contributed by atoms with Gasteiger partial charge in [0.1, 0.15) is 0 Å². The van der Waals surface area contributed by atoms with Crippen LogP contribution in [-0.4, -0.2) is 4.57 Å². The molecule has 0 aliphatic carbocycles. The summed E-state index contributed by atoms with van der Waals surface area (Å²) >= 11 is 0. The molecule has 0 atom stereocenters. The van der Waals surface area contributed by atoms with Crippen molar-refractivity contribution in [2.24, 2.45) is 0 Å². The largest absolute Gasteiger partial charge is 0.309 e. The van der Waals surface area contributed by atoms with Crippen LogP contribution in [-0.2, 0) is 0 Å². The Morgan fingerprint density at radius 3 is 1.85 bits per heavy atom. The molecule has 0 fully saturated rings. The van der Waals surface area contributed by atoms with Crippen molar-refractivity contribution < 1.29 is 0 Å². The topological polar surface area (TPSA) is 9.29 Å². The van der Waals surface area contributed by atoms with Crippen molar-refractivity contribution in [3.63, 3.8) is 0 Å². The van der Waals surface area contributed by atoms with E-state index in [9.17, 15) is 0 Å². The van der Waals surface area contributed by atoms with Crippen LogP contribution in [0.1, 0.15) is 0 Å². The first kappa shape index (κ1) is 23.3. The normalized spacial score (nSPS) is 11.4. The quantitative estimate of drug-likeness (QED) is 0.205. The van der Waals surface area contributed by atoms with Crippen molar-refractivity contribution in [3.05, 3.63) is 157 Å². The molecule has 1 aromatic heterocycles. The molecule has 0 radical (unpaired) electrons. The number of nitrogens with zero attached hydrogens (tertiary/aromatic N) is 2. The third kappa shape index (κ3) is 3.64. The van der Waals surface area contributed by atoms with Crippen molar-refractivity contribution in [2.45, 2.75) is 0 Å². The Hall–Kier alpha value is -5.65. The highest BCUT2D eigenvalue weighted by Gasteiger charge is 2.16. The Balaban J connectivity index is 1.38. The first-order valence-electron chi connectivity index (χ1n) is 13.8. The van der Waals surface area contributed by atoms with E-state index in [2.05, 4.69) is 137 Å². The van der Waals surface area contributed by atoms with E-state index in [1.165, 1.54) is 43.8 Å². The van der Waals surface area contributed by atoms with Gasteiger partial charge in [-0.15, -0.1) is 0 Å². The Morgan fingerprint density at radius 2 is 1.05 bits per heavy atom. The van der Waals surface area contributed by atoms with Gasteiger partial charge < -0.3 is 4.57 Å². The van der Waals surface area contributed by atoms with E-state index in [1.54, 1.807) is 0 Å². The van der Waals surface area contributed by atoms with Gasteiger partial charge in [-0.3, -0.25) is 0 Å². The van der Waals surface area contributed by atoms with Crippen LogP contribution in [0.4, 0.5) is 5.69 Å². The molecule has 0 unspecified atom stereocenters. The summed E-state index contributed by atoms with van der Waals surface area (Å²) in [4.78, 5) is 3.73. The van der Waals surface area contributed by atoms with Gasteiger partial charge in [-0.05, 0) is 85.6 Å². The van der Waals surface area contributed by atoms with Gasteiger partial charge >= 0.3 is 0 Å². The number of hydrogen-bond acceptors (Lipinski definition) is 0. The van der Waals surface area contributed by atoms with Gasteiger partial charge in [-0.25, -0.2) is 4.85 Å². The molecular formula is C39H24N2. The summed E-state index contributed by atoms with van der Waals surface area (Å²) in [5.41, 5.74) is 8.86. The lowest BCUT2D eigenvalue weighted by atomic mass is 9.90. The monoisotopic (exact) mass is 520 g/mol. The van der Waals surface area contributed by atoms with Crippen molar-refractivity contribution in [2.75, 3.05) is 0 Å². The van der Waals surface area contributed by atoms with Gasteiger partial charge in [-0.2, -0.15) is 0 Å². The lowest BCUT2D eigenvalue weighted by Crippen LogP contribution is -1.93. The third-order valence-corrected chi connectivity index (χ3v) is 8.21. The van der Waals surface area contributed by atoms with Gasteiger partial charge in [0.15, 0.2) is 5.69 Å². The molecule has 0 spiro atoms. The van der Waals surface area contributed by atoms with Gasteiger partial charge in [0.2, 0.25) is 0 Å². The fourth-order valence-electron chi connectivity index (χ4n) is 6.35. The number of para-hydroxylation sites is 1. The molecule has 7 aromatic carbocycles. The molecule has 1 heterocycles. The van der Waals surface area contributed by atoms with Crippen LogP contribution in [0, 0.1) is 6.57 Å². The van der Waals surface area contributed by atoms with Crippen molar-refractivity contribution in [1.82, 2.24) is 4.57 Å². The first-order valence-corrected chi connectivity index (χ1v) is 13.8. The second-order valence-corrected chi connectivity index (χ2v) is 10.4. The van der Waals surface area contributed by atoms with Crippen LogP contribution in [0.5, 0.6) is 0 Å². The summed E-state index contributed by atoms with van der Waals surface area (Å²) in [6.07, 6.45) is 0. The van der Waals surface area contributed by atoms with Crippen molar-refractivity contribution >= 4 is 49.0 Å². The second kappa shape index (κ2) is 9.23. The lowest BCUT2D eigenvalue weighted by Gasteiger charge is -2.14. The summed E-state index contributed by atoms with van der Waals surface area (Å²) in [6, 6.07) is 51.6. The molecule has 41 heavy (non-hydrogen) atoms. The van der Waals surface area contributed by atoms with Crippen LogP contribution in [0.2, 0.25) is 0 Å².